The van der Waals surface area contributed by atoms with Gasteiger partial charge in [-0.15, -0.1) is 0 Å². The molecular formula is C14H19NOS. The highest BCUT2D eigenvalue weighted by Crippen LogP contribution is 2.16. The van der Waals surface area contributed by atoms with Crippen molar-refractivity contribution in [1.82, 2.24) is 4.90 Å². The van der Waals surface area contributed by atoms with Crippen LogP contribution in [0, 0.1) is 6.92 Å². The van der Waals surface area contributed by atoms with Crippen LogP contribution < -0.4 is 0 Å². The minimum Gasteiger partial charge on any atom is -0.293 e. The second-order valence-corrected chi connectivity index (χ2v) is 5.84. The van der Waals surface area contributed by atoms with Crippen molar-refractivity contribution < 1.29 is 4.79 Å². The van der Waals surface area contributed by atoms with Crippen molar-refractivity contribution in [3.8, 4) is 0 Å². The highest BCUT2D eigenvalue weighted by molar-refractivity contribution is 7.99. The van der Waals surface area contributed by atoms with Crippen molar-refractivity contribution in [2.45, 2.75) is 19.9 Å². The smallest absolute Gasteiger partial charge is 0.176 e. The standard InChI is InChI=1S/C14H19NOS/c1-11-4-3-5-13(8-11)14(16)9-15-6-7-17-10-12(15)2/h3-5,8,12H,6-7,9-10H2,1-2H3. The van der Waals surface area contributed by atoms with Gasteiger partial charge in [-0.2, -0.15) is 11.8 Å². The second-order valence-electron chi connectivity index (χ2n) is 4.69. The third-order valence-corrected chi connectivity index (χ3v) is 4.38. The first-order chi connectivity index (χ1) is 8.16. The van der Waals surface area contributed by atoms with Gasteiger partial charge >= 0.3 is 0 Å². The van der Waals surface area contributed by atoms with E-state index in [-0.39, 0.29) is 5.78 Å². The molecule has 1 fully saturated rings. The zero-order valence-corrected chi connectivity index (χ0v) is 11.3. The summed E-state index contributed by atoms with van der Waals surface area (Å²) in [6, 6.07) is 8.39. The molecule has 92 valence electrons. The van der Waals surface area contributed by atoms with Gasteiger partial charge in [-0.1, -0.05) is 23.8 Å². The third-order valence-electron chi connectivity index (χ3n) is 3.19. The van der Waals surface area contributed by atoms with Gasteiger partial charge < -0.3 is 0 Å². The molecule has 0 spiro atoms. The van der Waals surface area contributed by atoms with E-state index in [1.54, 1.807) is 0 Å². The molecule has 1 aromatic carbocycles. The maximum Gasteiger partial charge on any atom is 0.176 e. The SMILES string of the molecule is Cc1cccc(C(=O)CN2CCSCC2C)c1. The molecule has 1 aliphatic heterocycles. The zero-order valence-electron chi connectivity index (χ0n) is 10.5. The van der Waals surface area contributed by atoms with Gasteiger partial charge in [0, 0.05) is 29.7 Å². The Balaban J connectivity index is 2.01. The molecule has 1 atom stereocenters. The number of Topliss-reactive ketones (excluding diaryl/α,β-unsaturated/α-hetero) is 1. The van der Waals surface area contributed by atoms with Crippen molar-refractivity contribution in [2.75, 3.05) is 24.6 Å². The van der Waals surface area contributed by atoms with Gasteiger partial charge in [-0.25, -0.2) is 0 Å². The predicted octanol–water partition coefficient (Wildman–Crippen LogP) is 2.62. The van der Waals surface area contributed by atoms with Gasteiger partial charge in [0.15, 0.2) is 5.78 Å². The number of rotatable bonds is 3. The quantitative estimate of drug-likeness (QED) is 0.768. The number of nitrogens with zero attached hydrogens (tertiary/aromatic N) is 1. The molecule has 1 aliphatic rings. The summed E-state index contributed by atoms with van der Waals surface area (Å²) in [5.74, 6) is 2.53. The Morgan fingerprint density at radius 1 is 1.53 bits per heavy atom. The van der Waals surface area contributed by atoms with E-state index in [1.165, 1.54) is 0 Å². The highest BCUT2D eigenvalue weighted by Gasteiger charge is 2.21. The molecule has 0 radical (unpaired) electrons. The van der Waals surface area contributed by atoms with Gasteiger partial charge in [0.2, 0.25) is 0 Å². The predicted molar refractivity (Wildman–Crippen MR) is 73.9 cm³/mol. The fraction of sp³-hybridized carbons (Fsp3) is 0.500. The van der Waals surface area contributed by atoms with Crippen LogP contribution in [0.4, 0.5) is 0 Å². The summed E-state index contributed by atoms with van der Waals surface area (Å²) in [5, 5.41) is 0. The van der Waals surface area contributed by atoms with Crippen LogP contribution >= 0.6 is 11.8 Å². The van der Waals surface area contributed by atoms with Crippen LogP contribution in [0.1, 0.15) is 22.8 Å². The molecular weight excluding hydrogens is 230 g/mol. The fourth-order valence-corrected chi connectivity index (χ4v) is 3.17. The van der Waals surface area contributed by atoms with E-state index in [9.17, 15) is 4.79 Å². The van der Waals surface area contributed by atoms with Crippen molar-refractivity contribution in [3.63, 3.8) is 0 Å². The number of hydrogen-bond acceptors (Lipinski definition) is 3. The Hall–Kier alpha value is -0.800. The molecule has 1 unspecified atom stereocenters. The normalized spacial score (nSPS) is 21.4. The first-order valence-electron chi connectivity index (χ1n) is 6.08. The van der Waals surface area contributed by atoms with Crippen molar-refractivity contribution in [2.24, 2.45) is 0 Å². The first-order valence-corrected chi connectivity index (χ1v) is 7.24. The molecule has 17 heavy (non-hydrogen) atoms. The molecule has 2 nitrogen and oxygen atoms in total. The van der Waals surface area contributed by atoms with E-state index in [1.807, 2.05) is 43.0 Å². The van der Waals surface area contributed by atoms with Crippen LogP contribution in [0.2, 0.25) is 0 Å². The van der Waals surface area contributed by atoms with Crippen LogP contribution in [0.3, 0.4) is 0 Å². The van der Waals surface area contributed by atoms with E-state index in [0.29, 0.717) is 12.6 Å². The fourth-order valence-electron chi connectivity index (χ4n) is 2.09. The van der Waals surface area contributed by atoms with Crippen molar-refractivity contribution in [3.05, 3.63) is 35.4 Å². The summed E-state index contributed by atoms with van der Waals surface area (Å²) >= 11 is 1.98. The molecule has 3 heteroatoms. The molecule has 0 saturated carbocycles. The summed E-state index contributed by atoms with van der Waals surface area (Å²) in [6.45, 7) is 5.82. The largest absolute Gasteiger partial charge is 0.293 e. The lowest BCUT2D eigenvalue weighted by molar-refractivity contribution is 0.0911. The van der Waals surface area contributed by atoms with Gasteiger partial charge in [-0.05, 0) is 19.9 Å². The molecule has 1 saturated heterocycles. The van der Waals surface area contributed by atoms with Crippen molar-refractivity contribution in [1.29, 1.82) is 0 Å². The van der Waals surface area contributed by atoms with Crippen LogP contribution in [0.15, 0.2) is 24.3 Å². The van der Waals surface area contributed by atoms with E-state index in [4.69, 9.17) is 0 Å². The second kappa shape index (κ2) is 5.69. The summed E-state index contributed by atoms with van der Waals surface area (Å²) in [4.78, 5) is 14.5. The molecule has 1 aromatic rings. The average Bonchev–Trinajstić information content (AvgIpc) is 2.32. The van der Waals surface area contributed by atoms with E-state index < -0.39 is 0 Å². The number of carbonyl (C=O) groups is 1. The zero-order chi connectivity index (χ0) is 12.3. The molecule has 1 heterocycles. The number of thioether (sulfide) groups is 1. The van der Waals surface area contributed by atoms with Gasteiger partial charge in [-0.3, -0.25) is 9.69 Å². The number of benzene rings is 1. The van der Waals surface area contributed by atoms with Gasteiger partial charge in [0.1, 0.15) is 0 Å². The van der Waals surface area contributed by atoms with Crippen LogP contribution in [0.25, 0.3) is 0 Å². The van der Waals surface area contributed by atoms with Gasteiger partial charge in [0.05, 0.1) is 6.54 Å². The maximum atomic E-state index is 12.2. The molecule has 0 aliphatic carbocycles. The Labute approximate surface area is 107 Å². The Bertz CT molecular complexity index is 405. The molecule has 0 N–H and O–H groups in total. The first kappa shape index (κ1) is 12.7. The van der Waals surface area contributed by atoms with E-state index in [2.05, 4.69) is 11.8 Å². The Kier molecular flexibility index (Phi) is 4.24. The molecule has 2 rings (SSSR count). The Morgan fingerprint density at radius 2 is 2.35 bits per heavy atom. The summed E-state index contributed by atoms with van der Waals surface area (Å²) in [7, 11) is 0. The third kappa shape index (κ3) is 3.33. The summed E-state index contributed by atoms with van der Waals surface area (Å²) < 4.78 is 0. The van der Waals surface area contributed by atoms with E-state index in [0.717, 1.165) is 29.2 Å². The Morgan fingerprint density at radius 3 is 3.06 bits per heavy atom. The number of aryl methyl sites for hydroxylation is 1. The van der Waals surface area contributed by atoms with Crippen LogP contribution in [-0.2, 0) is 0 Å². The minimum absolute atomic E-state index is 0.243. The van der Waals surface area contributed by atoms with E-state index >= 15 is 0 Å². The minimum atomic E-state index is 0.243. The molecule has 0 aromatic heterocycles. The van der Waals surface area contributed by atoms with Crippen molar-refractivity contribution >= 4 is 17.5 Å². The topological polar surface area (TPSA) is 20.3 Å². The van der Waals surface area contributed by atoms with Gasteiger partial charge in [0.25, 0.3) is 0 Å². The lowest BCUT2D eigenvalue weighted by atomic mass is 10.1. The molecule has 0 bridgehead atoms. The summed E-state index contributed by atoms with van der Waals surface area (Å²) in [5.41, 5.74) is 1.99. The lowest BCUT2D eigenvalue weighted by Crippen LogP contribution is -2.43. The average molecular weight is 249 g/mol. The number of ketones is 1. The summed E-state index contributed by atoms with van der Waals surface area (Å²) in [6.07, 6.45) is 0. The van der Waals surface area contributed by atoms with Crippen LogP contribution in [0.5, 0.6) is 0 Å². The van der Waals surface area contributed by atoms with Crippen LogP contribution in [-0.4, -0.2) is 41.3 Å². The highest BCUT2D eigenvalue weighted by atomic mass is 32.2. The molecule has 0 amide bonds. The lowest BCUT2D eigenvalue weighted by Gasteiger charge is -2.32. The number of hydrogen-bond donors (Lipinski definition) is 0. The number of carbonyl (C=O) groups excluding carboxylic acids is 1. The monoisotopic (exact) mass is 249 g/mol. The maximum absolute atomic E-state index is 12.2.